The van der Waals surface area contributed by atoms with Gasteiger partial charge in [-0.2, -0.15) is 0 Å². The lowest BCUT2D eigenvalue weighted by atomic mass is 10.1. The number of aromatic nitrogens is 2. The fourth-order valence-corrected chi connectivity index (χ4v) is 2.30. The molecule has 2 heterocycles. The SMILES string of the molecule is Cc1cc(=O)oc2cc(Oc3ncnc(Cl)c3Br)ccc12. The highest BCUT2D eigenvalue weighted by molar-refractivity contribution is 9.10. The van der Waals surface area contributed by atoms with Crippen molar-refractivity contribution in [2.24, 2.45) is 0 Å². The van der Waals surface area contributed by atoms with Gasteiger partial charge in [-0.25, -0.2) is 14.8 Å². The zero-order valence-corrected chi connectivity index (χ0v) is 13.1. The van der Waals surface area contributed by atoms with Crippen molar-refractivity contribution >= 4 is 38.5 Å². The zero-order chi connectivity index (χ0) is 15.0. The smallest absolute Gasteiger partial charge is 0.336 e. The summed E-state index contributed by atoms with van der Waals surface area (Å²) in [5.74, 6) is 0.760. The second-order valence-electron chi connectivity index (χ2n) is 4.29. The van der Waals surface area contributed by atoms with E-state index in [0.29, 0.717) is 15.8 Å². The molecule has 2 aromatic heterocycles. The molecule has 0 aliphatic rings. The van der Waals surface area contributed by atoms with Gasteiger partial charge in [-0.05, 0) is 40.5 Å². The Kier molecular flexibility index (Phi) is 3.65. The maximum absolute atomic E-state index is 11.4. The lowest BCUT2D eigenvalue weighted by Gasteiger charge is -2.08. The molecule has 0 amide bonds. The Bertz CT molecular complexity index is 895. The Labute approximate surface area is 132 Å². The van der Waals surface area contributed by atoms with Crippen LogP contribution in [-0.4, -0.2) is 9.97 Å². The topological polar surface area (TPSA) is 65.2 Å². The number of hydrogen-bond acceptors (Lipinski definition) is 5. The van der Waals surface area contributed by atoms with Crippen LogP contribution in [0.2, 0.25) is 5.15 Å². The van der Waals surface area contributed by atoms with Crippen LogP contribution in [0.25, 0.3) is 11.0 Å². The maximum Gasteiger partial charge on any atom is 0.336 e. The summed E-state index contributed by atoms with van der Waals surface area (Å²) in [4.78, 5) is 19.2. The van der Waals surface area contributed by atoms with Crippen LogP contribution in [-0.2, 0) is 0 Å². The standard InChI is InChI=1S/C14H8BrClN2O3/c1-7-4-11(19)21-10-5-8(2-3-9(7)10)20-14-12(15)13(16)17-6-18-14/h2-6H,1H3. The summed E-state index contributed by atoms with van der Waals surface area (Å²) in [5.41, 5.74) is 0.899. The van der Waals surface area contributed by atoms with Gasteiger partial charge < -0.3 is 9.15 Å². The predicted octanol–water partition coefficient (Wildman–Crippen LogP) is 4.10. The Hall–Kier alpha value is -1.92. The molecular weight excluding hydrogens is 360 g/mol. The van der Waals surface area contributed by atoms with Gasteiger partial charge in [0.2, 0.25) is 5.88 Å². The van der Waals surface area contributed by atoms with Crippen LogP contribution in [0.4, 0.5) is 0 Å². The van der Waals surface area contributed by atoms with E-state index in [-0.39, 0.29) is 11.0 Å². The molecule has 0 saturated heterocycles. The first-order chi connectivity index (χ1) is 10.0. The number of halogens is 2. The molecule has 0 fully saturated rings. The lowest BCUT2D eigenvalue weighted by molar-refractivity contribution is 0.456. The van der Waals surface area contributed by atoms with Crippen LogP contribution >= 0.6 is 27.5 Å². The van der Waals surface area contributed by atoms with E-state index in [4.69, 9.17) is 20.8 Å². The molecular formula is C14H8BrClN2O3. The van der Waals surface area contributed by atoms with Crippen molar-refractivity contribution < 1.29 is 9.15 Å². The Morgan fingerprint density at radius 3 is 2.90 bits per heavy atom. The minimum atomic E-state index is -0.400. The van der Waals surface area contributed by atoms with Crippen LogP contribution in [0.15, 0.2) is 44.3 Å². The molecule has 0 N–H and O–H groups in total. The molecule has 0 atom stereocenters. The molecule has 0 bridgehead atoms. The molecule has 3 rings (SSSR count). The molecule has 0 saturated carbocycles. The molecule has 21 heavy (non-hydrogen) atoms. The molecule has 1 aromatic carbocycles. The number of ether oxygens (including phenoxy) is 1. The molecule has 5 nitrogen and oxygen atoms in total. The van der Waals surface area contributed by atoms with Gasteiger partial charge in [0.05, 0.1) is 0 Å². The summed E-state index contributed by atoms with van der Waals surface area (Å²) in [5, 5.41) is 1.10. The van der Waals surface area contributed by atoms with Crippen molar-refractivity contribution in [1.82, 2.24) is 9.97 Å². The third-order valence-corrected chi connectivity index (χ3v) is 4.08. The van der Waals surface area contributed by atoms with E-state index in [1.807, 2.05) is 13.0 Å². The normalized spacial score (nSPS) is 10.8. The van der Waals surface area contributed by atoms with Crippen molar-refractivity contribution in [2.75, 3.05) is 0 Å². The van der Waals surface area contributed by atoms with Gasteiger partial charge in [0.25, 0.3) is 0 Å². The van der Waals surface area contributed by atoms with Gasteiger partial charge in [0, 0.05) is 17.5 Å². The number of hydrogen-bond donors (Lipinski definition) is 0. The monoisotopic (exact) mass is 366 g/mol. The van der Waals surface area contributed by atoms with Crippen molar-refractivity contribution in [3.05, 3.63) is 56.2 Å². The average Bonchev–Trinajstić information content (AvgIpc) is 2.43. The fourth-order valence-electron chi connectivity index (χ4n) is 1.89. The number of rotatable bonds is 2. The fraction of sp³-hybridized carbons (Fsp3) is 0.0714. The summed E-state index contributed by atoms with van der Waals surface area (Å²) >= 11 is 9.13. The van der Waals surface area contributed by atoms with E-state index in [1.165, 1.54) is 12.4 Å². The van der Waals surface area contributed by atoms with Crippen LogP contribution in [0.1, 0.15) is 5.56 Å². The first-order valence-corrected chi connectivity index (χ1v) is 7.10. The summed E-state index contributed by atoms with van der Waals surface area (Å²) in [7, 11) is 0. The van der Waals surface area contributed by atoms with Gasteiger partial charge in [-0.3, -0.25) is 0 Å². The zero-order valence-electron chi connectivity index (χ0n) is 10.8. The molecule has 0 radical (unpaired) electrons. The van der Waals surface area contributed by atoms with E-state index in [1.54, 1.807) is 12.1 Å². The Morgan fingerprint density at radius 2 is 2.10 bits per heavy atom. The quantitative estimate of drug-likeness (QED) is 0.504. The van der Waals surface area contributed by atoms with E-state index in [0.717, 1.165) is 10.9 Å². The van der Waals surface area contributed by atoms with E-state index in [9.17, 15) is 4.79 Å². The molecule has 3 aromatic rings. The minimum Gasteiger partial charge on any atom is -0.438 e. The van der Waals surface area contributed by atoms with Crippen molar-refractivity contribution in [3.63, 3.8) is 0 Å². The Balaban J connectivity index is 2.05. The third kappa shape index (κ3) is 2.77. The number of nitrogens with zero attached hydrogens (tertiary/aromatic N) is 2. The second-order valence-corrected chi connectivity index (χ2v) is 5.44. The average molecular weight is 368 g/mol. The lowest BCUT2D eigenvalue weighted by Crippen LogP contribution is -1.98. The third-order valence-electron chi connectivity index (χ3n) is 2.85. The van der Waals surface area contributed by atoms with Crippen LogP contribution in [0.5, 0.6) is 11.6 Å². The van der Waals surface area contributed by atoms with Crippen LogP contribution < -0.4 is 10.4 Å². The molecule has 0 aliphatic heterocycles. The van der Waals surface area contributed by atoms with Crippen molar-refractivity contribution in [3.8, 4) is 11.6 Å². The highest BCUT2D eigenvalue weighted by atomic mass is 79.9. The van der Waals surface area contributed by atoms with E-state index in [2.05, 4.69) is 25.9 Å². The minimum absolute atomic E-state index is 0.253. The van der Waals surface area contributed by atoms with Crippen LogP contribution in [0.3, 0.4) is 0 Å². The van der Waals surface area contributed by atoms with E-state index < -0.39 is 5.63 Å². The predicted molar refractivity (Wildman–Crippen MR) is 82.0 cm³/mol. The van der Waals surface area contributed by atoms with Gasteiger partial charge in [0.15, 0.2) is 5.15 Å². The van der Waals surface area contributed by atoms with Crippen molar-refractivity contribution in [2.45, 2.75) is 6.92 Å². The Morgan fingerprint density at radius 1 is 1.29 bits per heavy atom. The molecule has 0 spiro atoms. The van der Waals surface area contributed by atoms with Gasteiger partial charge in [-0.15, -0.1) is 0 Å². The van der Waals surface area contributed by atoms with E-state index >= 15 is 0 Å². The summed E-state index contributed by atoms with van der Waals surface area (Å²) in [6.45, 7) is 1.85. The highest BCUT2D eigenvalue weighted by Gasteiger charge is 2.10. The van der Waals surface area contributed by atoms with Gasteiger partial charge in [0.1, 0.15) is 22.1 Å². The maximum atomic E-state index is 11.4. The first-order valence-electron chi connectivity index (χ1n) is 5.93. The highest BCUT2D eigenvalue weighted by Crippen LogP contribution is 2.32. The number of fused-ring (bicyclic) bond motifs is 1. The summed E-state index contributed by atoms with van der Waals surface area (Å²) in [6, 6.07) is 6.66. The van der Waals surface area contributed by atoms with Gasteiger partial charge in [-0.1, -0.05) is 11.6 Å². The summed E-state index contributed by atoms with van der Waals surface area (Å²) < 4.78 is 11.3. The molecule has 0 aliphatic carbocycles. The summed E-state index contributed by atoms with van der Waals surface area (Å²) in [6.07, 6.45) is 1.30. The molecule has 0 unspecified atom stereocenters. The van der Waals surface area contributed by atoms with Crippen LogP contribution in [0, 0.1) is 6.92 Å². The van der Waals surface area contributed by atoms with Crippen molar-refractivity contribution in [1.29, 1.82) is 0 Å². The largest absolute Gasteiger partial charge is 0.438 e. The van der Waals surface area contributed by atoms with Gasteiger partial charge >= 0.3 is 5.63 Å². The number of aryl methyl sites for hydroxylation is 1. The molecule has 7 heteroatoms. The molecule has 106 valence electrons. The number of benzene rings is 1. The second kappa shape index (κ2) is 5.46. The first kappa shape index (κ1) is 14.0.